The summed E-state index contributed by atoms with van der Waals surface area (Å²) in [4.78, 5) is 22.3. The third-order valence-corrected chi connectivity index (χ3v) is 4.71. The highest BCUT2D eigenvalue weighted by Crippen LogP contribution is 2.41. The van der Waals surface area contributed by atoms with E-state index in [1.54, 1.807) is 0 Å². The Balaban J connectivity index is 1.90. The lowest BCUT2D eigenvalue weighted by atomic mass is 9.91. The van der Waals surface area contributed by atoms with Gasteiger partial charge in [-0.15, -0.1) is 0 Å². The van der Waals surface area contributed by atoms with Crippen LogP contribution in [0.5, 0.6) is 0 Å². The number of H-pyrrole nitrogens is 1. The molecule has 5 rings (SSSR count). The lowest BCUT2D eigenvalue weighted by molar-refractivity contribution is 0.465. The molecule has 2 aromatic carbocycles. The quantitative estimate of drug-likeness (QED) is 0.734. The number of benzene rings is 2. The Labute approximate surface area is 144 Å². The predicted octanol–water partition coefficient (Wildman–Crippen LogP) is 4.05. The van der Waals surface area contributed by atoms with Crippen LogP contribution in [0.4, 0.5) is 5.82 Å². The average Bonchev–Trinajstić information content (AvgIpc) is 2.67. The van der Waals surface area contributed by atoms with Gasteiger partial charge in [-0.1, -0.05) is 54.6 Å². The minimum absolute atomic E-state index is 0.0355. The van der Waals surface area contributed by atoms with Crippen molar-refractivity contribution >= 4 is 22.4 Å². The Hall–Kier alpha value is -3.40. The van der Waals surface area contributed by atoms with Crippen molar-refractivity contribution in [3.63, 3.8) is 0 Å². The SMILES string of the molecule is O=c1[nH]c2c(c3ccccc13)[C@H](c1ccccc1)N1C=CC=CC1=N2. The number of nitrogens with one attached hydrogen (secondary N) is 1. The van der Waals surface area contributed by atoms with E-state index in [9.17, 15) is 4.79 Å². The van der Waals surface area contributed by atoms with Gasteiger partial charge in [0.15, 0.2) is 0 Å². The van der Waals surface area contributed by atoms with Gasteiger partial charge < -0.3 is 9.88 Å². The number of allylic oxidation sites excluding steroid dienone is 2. The van der Waals surface area contributed by atoms with E-state index in [2.05, 4.69) is 22.0 Å². The van der Waals surface area contributed by atoms with Crippen molar-refractivity contribution in [2.24, 2.45) is 4.99 Å². The number of fused-ring (bicyclic) bond motifs is 4. The molecule has 25 heavy (non-hydrogen) atoms. The van der Waals surface area contributed by atoms with Gasteiger partial charge >= 0.3 is 0 Å². The van der Waals surface area contributed by atoms with E-state index in [0.29, 0.717) is 11.2 Å². The molecular weight excluding hydrogens is 310 g/mol. The zero-order valence-electron chi connectivity index (χ0n) is 13.4. The Morgan fingerprint density at radius 1 is 0.920 bits per heavy atom. The van der Waals surface area contributed by atoms with Gasteiger partial charge in [0.05, 0.1) is 6.04 Å². The molecule has 2 aliphatic heterocycles. The van der Waals surface area contributed by atoms with Gasteiger partial charge in [0.25, 0.3) is 5.56 Å². The molecular formula is C21H15N3O. The van der Waals surface area contributed by atoms with Gasteiger partial charge in [0, 0.05) is 17.1 Å². The smallest absolute Gasteiger partial charge is 0.257 e. The van der Waals surface area contributed by atoms with Gasteiger partial charge in [-0.3, -0.25) is 4.79 Å². The first kappa shape index (κ1) is 14.0. The summed E-state index contributed by atoms with van der Waals surface area (Å²) in [6, 6.07) is 18.0. The molecule has 3 heterocycles. The predicted molar refractivity (Wildman–Crippen MR) is 100 cm³/mol. The maximum Gasteiger partial charge on any atom is 0.257 e. The highest BCUT2D eigenvalue weighted by atomic mass is 16.1. The van der Waals surface area contributed by atoms with Crippen LogP contribution in [0.1, 0.15) is 17.2 Å². The monoisotopic (exact) mass is 325 g/mol. The number of nitrogens with zero attached hydrogens (tertiary/aromatic N) is 2. The first-order valence-corrected chi connectivity index (χ1v) is 8.25. The summed E-state index contributed by atoms with van der Waals surface area (Å²) in [7, 11) is 0. The van der Waals surface area contributed by atoms with Crippen molar-refractivity contribution in [3.8, 4) is 0 Å². The normalized spacial score (nSPS) is 18.0. The number of hydrogen-bond donors (Lipinski definition) is 1. The molecule has 1 N–H and O–H groups in total. The van der Waals surface area contributed by atoms with Gasteiger partial charge in [0.2, 0.25) is 0 Å². The number of amidine groups is 1. The number of pyridine rings is 1. The number of hydrogen-bond acceptors (Lipinski definition) is 3. The maximum atomic E-state index is 12.5. The summed E-state index contributed by atoms with van der Waals surface area (Å²) < 4.78 is 0. The van der Waals surface area contributed by atoms with E-state index < -0.39 is 0 Å². The van der Waals surface area contributed by atoms with E-state index >= 15 is 0 Å². The molecule has 0 aliphatic carbocycles. The van der Waals surface area contributed by atoms with Gasteiger partial charge in [0.1, 0.15) is 11.7 Å². The van der Waals surface area contributed by atoms with Crippen LogP contribution < -0.4 is 5.56 Å². The average molecular weight is 325 g/mol. The molecule has 4 nitrogen and oxygen atoms in total. The van der Waals surface area contributed by atoms with Crippen molar-refractivity contribution < 1.29 is 0 Å². The summed E-state index contributed by atoms with van der Waals surface area (Å²) in [5, 5.41) is 1.64. The van der Waals surface area contributed by atoms with Crippen LogP contribution >= 0.6 is 0 Å². The molecule has 1 aromatic heterocycles. The van der Waals surface area contributed by atoms with Crippen LogP contribution in [0.25, 0.3) is 10.8 Å². The van der Waals surface area contributed by atoms with Crippen molar-refractivity contribution in [2.45, 2.75) is 6.04 Å². The first-order chi connectivity index (χ1) is 12.3. The van der Waals surface area contributed by atoms with Crippen molar-refractivity contribution in [1.29, 1.82) is 0 Å². The van der Waals surface area contributed by atoms with Crippen LogP contribution in [0.15, 0.2) is 88.8 Å². The fourth-order valence-electron chi connectivity index (χ4n) is 3.63. The van der Waals surface area contributed by atoms with E-state index in [-0.39, 0.29) is 11.6 Å². The molecule has 2 aliphatic rings. The van der Waals surface area contributed by atoms with Crippen molar-refractivity contribution in [3.05, 3.63) is 101 Å². The first-order valence-electron chi connectivity index (χ1n) is 8.25. The molecule has 120 valence electrons. The number of aromatic nitrogens is 1. The third kappa shape index (κ3) is 2.08. The Kier molecular flexibility index (Phi) is 2.97. The highest BCUT2D eigenvalue weighted by Gasteiger charge is 2.32. The molecule has 0 radical (unpaired) electrons. The topological polar surface area (TPSA) is 48.5 Å². The Bertz CT molecular complexity index is 1120. The lowest BCUT2D eigenvalue weighted by Gasteiger charge is -2.36. The third-order valence-electron chi connectivity index (χ3n) is 4.71. The Morgan fingerprint density at radius 2 is 1.68 bits per heavy atom. The molecule has 3 aromatic rings. The second-order valence-electron chi connectivity index (χ2n) is 6.15. The summed E-state index contributed by atoms with van der Waals surface area (Å²) in [5.74, 6) is 1.47. The van der Waals surface area contributed by atoms with Gasteiger partial charge in [-0.25, -0.2) is 4.99 Å². The molecule has 0 spiro atoms. The van der Waals surface area contributed by atoms with Gasteiger partial charge in [-0.05, 0) is 29.2 Å². The number of aliphatic imine (C=N–C) groups is 1. The summed E-state index contributed by atoms with van der Waals surface area (Å²) in [6.07, 6.45) is 7.97. The molecule has 0 unspecified atom stereocenters. The summed E-state index contributed by atoms with van der Waals surface area (Å²) >= 11 is 0. The van der Waals surface area contributed by atoms with Crippen LogP contribution in [0.3, 0.4) is 0 Å². The van der Waals surface area contributed by atoms with Crippen LogP contribution in [-0.2, 0) is 0 Å². The fraction of sp³-hybridized carbons (Fsp3) is 0.0476. The molecule has 4 heteroatoms. The number of rotatable bonds is 1. The fourth-order valence-corrected chi connectivity index (χ4v) is 3.63. The zero-order valence-corrected chi connectivity index (χ0v) is 13.4. The molecule has 1 atom stereocenters. The highest BCUT2D eigenvalue weighted by molar-refractivity contribution is 6.01. The number of aromatic amines is 1. The standard InChI is InChI=1S/C21H15N3O/c25-21-16-11-5-4-10-15(16)18-19(14-8-2-1-3-9-14)24-13-7-6-12-17(24)22-20(18)23-21/h1-13,19H,(H,23,25)/t19-/m0/s1. The van der Waals surface area contributed by atoms with E-state index in [4.69, 9.17) is 4.99 Å². The van der Waals surface area contributed by atoms with Gasteiger partial charge in [-0.2, -0.15) is 0 Å². The second-order valence-corrected chi connectivity index (χ2v) is 6.15. The summed E-state index contributed by atoms with van der Waals surface area (Å²) in [5.41, 5.74) is 2.09. The van der Waals surface area contributed by atoms with E-state index in [1.807, 2.05) is 66.9 Å². The second kappa shape index (κ2) is 5.31. The largest absolute Gasteiger partial charge is 0.321 e. The minimum atomic E-state index is -0.103. The maximum absolute atomic E-state index is 12.5. The Morgan fingerprint density at radius 3 is 2.52 bits per heavy atom. The molecule has 0 bridgehead atoms. The minimum Gasteiger partial charge on any atom is -0.321 e. The molecule has 0 saturated heterocycles. The van der Waals surface area contributed by atoms with E-state index in [1.165, 1.54) is 0 Å². The van der Waals surface area contributed by atoms with E-state index in [0.717, 1.165) is 22.3 Å². The van der Waals surface area contributed by atoms with Crippen molar-refractivity contribution in [1.82, 2.24) is 9.88 Å². The van der Waals surface area contributed by atoms with Crippen LogP contribution in [-0.4, -0.2) is 15.7 Å². The zero-order chi connectivity index (χ0) is 16.8. The lowest BCUT2D eigenvalue weighted by Crippen LogP contribution is -2.34. The van der Waals surface area contributed by atoms with Crippen LogP contribution in [0, 0.1) is 0 Å². The molecule has 0 amide bonds. The summed E-state index contributed by atoms with van der Waals surface area (Å²) in [6.45, 7) is 0. The molecule has 0 fully saturated rings. The van der Waals surface area contributed by atoms with Crippen LogP contribution in [0.2, 0.25) is 0 Å². The molecule has 0 saturated carbocycles. The van der Waals surface area contributed by atoms with Crippen molar-refractivity contribution in [2.75, 3.05) is 0 Å².